The Labute approximate surface area is 89.5 Å². The smallest absolute Gasteiger partial charge is 0.322 e. The van der Waals surface area contributed by atoms with E-state index in [2.05, 4.69) is 20.5 Å². The summed E-state index contributed by atoms with van der Waals surface area (Å²) in [4.78, 5) is 14.9. The Kier molecular flexibility index (Phi) is 2.59. The van der Waals surface area contributed by atoms with Crippen LogP contribution in [0, 0.1) is 12.9 Å². The summed E-state index contributed by atoms with van der Waals surface area (Å²) in [6.45, 7) is 1.60. The first-order valence-corrected chi connectivity index (χ1v) is 4.38. The summed E-state index contributed by atoms with van der Waals surface area (Å²) in [5.74, 6) is -0.797. The largest absolute Gasteiger partial charge is 0.408 e. The van der Waals surface area contributed by atoms with Crippen molar-refractivity contribution >= 4 is 11.9 Å². The van der Waals surface area contributed by atoms with Gasteiger partial charge in [0.05, 0.1) is 5.56 Å². The van der Waals surface area contributed by atoms with Crippen LogP contribution in [0.5, 0.6) is 0 Å². The van der Waals surface area contributed by atoms with Gasteiger partial charge in [-0.05, 0) is 12.1 Å². The van der Waals surface area contributed by atoms with E-state index in [1.54, 1.807) is 6.92 Å². The monoisotopic (exact) mass is 222 g/mol. The molecule has 2 heterocycles. The van der Waals surface area contributed by atoms with E-state index in [-0.39, 0.29) is 11.6 Å². The van der Waals surface area contributed by atoms with Crippen LogP contribution >= 0.6 is 0 Å². The van der Waals surface area contributed by atoms with E-state index in [1.807, 2.05) is 0 Å². The van der Waals surface area contributed by atoms with E-state index in [0.29, 0.717) is 5.89 Å². The maximum absolute atomic E-state index is 12.5. The fourth-order valence-corrected chi connectivity index (χ4v) is 1.03. The van der Waals surface area contributed by atoms with Gasteiger partial charge in [0.15, 0.2) is 0 Å². The Morgan fingerprint density at radius 1 is 1.44 bits per heavy atom. The molecular weight excluding hydrogens is 215 g/mol. The first kappa shape index (κ1) is 10.2. The van der Waals surface area contributed by atoms with Crippen molar-refractivity contribution in [1.29, 1.82) is 0 Å². The molecule has 0 aliphatic rings. The molecule has 0 bridgehead atoms. The number of nitrogens with one attached hydrogen (secondary N) is 1. The third-order valence-electron chi connectivity index (χ3n) is 1.74. The van der Waals surface area contributed by atoms with E-state index in [1.165, 1.54) is 6.07 Å². The number of carbonyl (C=O) groups excluding carboxylic acids is 1. The second-order valence-corrected chi connectivity index (χ2v) is 2.95. The molecule has 0 saturated heterocycles. The third-order valence-corrected chi connectivity index (χ3v) is 1.74. The number of rotatable bonds is 2. The molecule has 1 amide bonds. The molecule has 2 rings (SSSR count). The number of aromatic nitrogens is 3. The van der Waals surface area contributed by atoms with Crippen LogP contribution in [0.25, 0.3) is 0 Å². The van der Waals surface area contributed by atoms with Gasteiger partial charge in [-0.3, -0.25) is 10.1 Å². The van der Waals surface area contributed by atoms with Crippen molar-refractivity contribution in [2.24, 2.45) is 0 Å². The Balaban J connectivity index is 2.11. The van der Waals surface area contributed by atoms with Crippen molar-refractivity contribution in [3.05, 3.63) is 35.7 Å². The minimum absolute atomic E-state index is 0.00757. The van der Waals surface area contributed by atoms with Crippen LogP contribution in [-0.2, 0) is 0 Å². The molecule has 0 spiro atoms. The standard InChI is InChI=1S/C9H7FN4O2/c1-5-13-14-9(16-5)12-8(15)6-2-3-7(10)11-4-6/h2-4H,1H3,(H,12,14,15). The molecule has 0 atom stereocenters. The van der Waals surface area contributed by atoms with Crippen molar-refractivity contribution in [3.63, 3.8) is 0 Å². The van der Waals surface area contributed by atoms with E-state index in [4.69, 9.17) is 4.42 Å². The SMILES string of the molecule is Cc1nnc(NC(=O)c2ccc(F)nc2)o1. The lowest BCUT2D eigenvalue weighted by Gasteiger charge is -1.98. The van der Waals surface area contributed by atoms with Crippen LogP contribution in [0.1, 0.15) is 16.2 Å². The quantitative estimate of drug-likeness (QED) is 0.771. The summed E-state index contributed by atoms with van der Waals surface area (Å²) in [5, 5.41) is 9.48. The first-order chi connectivity index (χ1) is 7.65. The number of hydrogen-bond donors (Lipinski definition) is 1. The highest BCUT2D eigenvalue weighted by atomic mass is 19.1. The molecule has 7 heteroatoms. The van der Waals surface area contributed by atoms with Crippen molar-refractivity contribution in [3.8, 4) is 0 Å². The van der Waals surface area contributed by atoms with Gasteiger partial charge in [0.2, 0.25) is 11.8 Å². The molecular formula is C9H7FN4O2. The summed E-state index contributed by atoms with van der Waals surface area (Å²) in [6, 6.07) is 2.39. The van der Waals surface area contributed by atoms with E-state index >= 15 is 0 Å². The molecule has 6 nitrogen and oxygen atoms in total. The number of halogens is 1. The topological polar surface area (TPSA) is 80.9 Å². The number of pyridine rings is 1. The number of anilines is 1. The van der Waals surface area contributed by atoms with Gasteiger partial charge in [-0.15, -0.1) is 5.10 Å². The van der Waals surface area contributed by atoms with Gasteiger partial charge in [-0.1, -0.05) is 5.10 Å². The second kappa shape index (κ2) is 4.05. The number of hydrogen-bond acceptors (Lipinski definition) is 5. The van der Waals surface area contributed by atoms with Crippen LogP contribution in [0.15, 0.2) is 22.7 Å². The third kappa shape index (κ3) is 2.19. The van der Waals surface area contributed by atoms with Gasteiger partial charge in [-0.2, -0.15) is 4.39 Å². The predicted molar refractivity (Wildman–Crippen MR) is 51.2 cm³/mol. The predicted octanol–water partition coefficient (Wildman–Crippen LogP) is 1.16. The minimum Gasteiger partial charge on any atom is -0.408 e. The van der Waals surface area contributed by atoms with Gasteiger partial charge in [0.25, 0.3) is 5.91 Å². The molecule has 0 fully saturated rings. The number of aryl methyl sites for hydroxylation is 1. The van der Waals surface area contributed by atoms with Crippen LogP contribution in [0.4, 0.5) is 10.4 Å². The molecule has 0 radical (unpaired) electrons. The zero-order chi connectivity index (χ0) is 11.5. The molecule has 16 heavy (non-hydrogen) atoms. The van der Waals surface area contributed by atoms with Crippen LogP contribution in [-0.4, -0.2) is 21.1 Å². The van der Waals surface area contributed by atoms with Crippen molar-refractivity contribution in [2.45, 2.75) is 6.92 Å². The van der Waals surface area contributed by atoms with Gasteiger partial charge < -0.3 is 4.42 Å². The number of nitrogens with zero attached hydrogens (tertiary/aromatic N) is 3. The fraction of sp³-hybridized carbons (Fsp3) is 0.111. The number of amides is 1. The van der Waals surface area contributed by atoms with Gasteiger partial charge >= 0.3 is 6.01 Å². The summed E-state index contributed by atoms with van der Waals surface area (Å²) in [7, 11) is 0. The van der Waals surface area contributed by atoms with E-state index in [0.717, 1.165) is 12.3 Å². The van der Waals surface area contributed by atoms with Gasteiger partial charge in [0, 0.05) is 13.1 Å². The van der Waals surface area contributed by atoms with E-state index < -0.39 is 11.9 Å². The van der Waals surface area contributed by atoms with Crippen LogP contribution in [0.2, 0.25) is 0 Å². The summed E-state index contributed by atoms with van der Waals surface area (Å²) in [6.07, 6.45) is 1.12. The Hall–Kier alpha value is -2.31. The molecule has 2 aromatic rings. The lowest BCUT2D eigenvalue weighted by molar-refractivity contribution is 0.102. The average Bonchev–Trinajstić information content (AvgIpc) is 2.65. The maximum Gasteiger partial charge on any atom is 0.322 e. The number of carbonyl (C=O) groups is 1. The second-order valence-electron chi connectivity index (χ2n) is 2.95. The Bertz CT molecular complexity index is 508. The zero-order valence-corrected chi connectivity index (χ0v) is 8.27. The van der Waals surface area contributed by atoms with Crippen molar-refractivity contribution in [1.82, 2.24) is 15.2 Å². The Morgan fingerprint density at radius 2 is 2.25 bits per heavy atom. The van der Waals surface area contributed by atoms with Gasteiger partial charge in [0.1, 0.15) is 0 Å². The molecule has 2 aromatic heterocycles. The average molecular weight is 222 g/mol. The van der Waals surface area contributed by atoms with Crippen LogP contribution < -0.4 is 5.32 Å². The van der Waals surface area contributed by atoms with Crippen LogP contribution in [0.3, 0.4) is 0 Å². The Morgan fingerprint density at radius 3 is 2.81 bits per heavy atom. The lowest BCUT2D eigenvalue weighted by atomic mass is 10.3. The fourth-order valence-electron chi connectivity index (χ4n) is 1.03. The summed E-state index contributed by atoms with van der Waals surface area (Å²) >= 11 is 0. The molecule has 0 unspecified atom stereocenters. The van der Waals surface area contributed by atoms with Gasteiger partial charge in [-0.25, -0.2) is 4.98 Å². The maximum atomic E-state index is 12.5. The highest BCUT2D eigenvalue weighted by Gasteiger charge is 2.10. The highest BCUT2D eigenvalue weighted by Crippen LogP contribution is 2.07. The summed E-state index contributed by atoms with van der Waals surface area (Å²) in [5.41, 5.74) is 0.206. The first-order valence-electron chi connectivity index (χ1n) is 4.38. The molecule has 82 valence electrons. The van der Waals surface area contributed by atoms with Crippen molar-refractivity contribution < 1.29 is 13.6 Å². The highest BCUT2D eigenvalue weighted by molar-refractivity contribution is 6.02. The normalized spacial score (nSPS) is 10.1. The molecule has 1 N–H and O–H groups in total. The lowest BCUT2D eigenvalue weighted by Crippen LogP contribution is -2.12. The molecule has 0 saturated carbocycles. The summed E-state index contributed by atoms with van der Waals surface area (Å²) < 4.78 is 17.4. The molecule has 0 aromatic carbocycles. The zero-order valence-electron chi connectivity index (χ0n) is 8.27. The molecule has 0 aliphatic heterocycles. The van der Waals surface area contributed by atoms with Crippen molar-refractivity contribution in [2.75, 3.05) is 5.32 Å². The van der Waals surface area contributed by atoms with E-state index in [9.17, 15) is 9.18 Å². The molecule has 0 aliphatic carbocycles. The minimum atomic E-state index is -0.648.